The Hall–Kier alpha value is -2.34. The molecule has 1 saturated heterocycles. The number of nitrogens with zero attached hydrogens (tertiary/aromatic N) is 3. The van der Waals surface area contributed by atoms with Crippen molar-refractivity contribution in [3.63, 3.8) is 0 Å². The average Bonchev–Trinajstić information content (AvgIpc) is 3.38. The van der Waals surface area contributed by atoms with Crippen LogP contribution in [0.15, 0.2) is 52.1 Å². The van der Waals surface area contributed by atoms with E-state index in [-0.39, 0.29) is 23.4 Å². The number of esters is 1. The number of aliphatic imine (C=N–C) groups is 1. The van der Waals surface area contributed by atoms with Gasteiger partial charge in [0.05, 0.1) is 30.5 Å². The average molecular weight is 487 g/mol. The fraction of sp³-hybridized carbons (Fsp3) is 0.316. The molecule has 2 aromatic rings. The Morgan fingerprint density at radius 3 is 2.68 bits per heavy atom. The molecule has 4 rings (SSSR count). The lowest BCUT2D eigenvalue weighted by atomic mass is 10.1. The van der Waals surface area contributed by atoms with E-state index >= 15 is 0 Å². The molecule has 2 aliphatic rings. The molecule has 1 aromatic heterocycles. The monoisotopic (exact) mass is 486 g/mol. The van der Waals surface area contributed by atoms with Gasteiger partial charge in [-0.3, -0.25) is 4.99 Å². The molecule has 2 aliphatic heterocycles. The van der Waals surface area contributed by atoms with Crippen LogP contribution in [-0.4, -0.2) is 62.6 Å². The van der Waals surface area contributed by atoms with Crippen molar-refractivity contribution in [2.45, 2.75) is 12.5 Å². The lowest BCUT2D eigenvalue weighted by molar-refractivity contribution is -0.136. The van der Waals surface area contributed by atoms with E-state index in [0.29, 0.717) is 24.4 Å². The van der Waals surface area contributed by atoms with E-state index in [1.54, 1.807) is 18.3 Å². The molecular formula is C19H20ClFN4O4S2. The van der Waals surface area contributed by atoms with Crippen molar-refractivity contribution >= 4 is 44.8 Å². The van der Waals surface area contributed by atoms with Gasteiger partial charge in [0.15, 0.2) is 10.8 Å². The summed E-state index contributed by atoms with van der Waals surface area (Å²) in [6.07, 6.45) is 3.22. The second-order valence-electron chi connectivity index (χ2n) is 6.71. The number of sulfonamides is 1. The first kappa shape index (κ1) is 23.3. The van der Waals surface area contributed by atoms with Gasteiger partial charge >= 0.3 is 5.97 Å². The van der Waals surface area contributed by atoms with Gasteiger partial charge in [-0.2, -0.15) is 0 Å². The van der Waals surface area contributed by atoms with E-state index < -0.39 is 16.0 Å². The highest BCUT2D eigenvalue weighted by Gasteiger charge is 2.38. The van der Waals surface area contributed by atoms with Crippen molar-refractivity contribution in [2.24, 2.45) is 4.99 Å². The summed E-state index contributed by atoms with van der Waals surface area (Å²) in [5.41, 5.74) is 1.21. The smallest absolute Gasteiger partial charge is 0.337 e. The number of hydrogen-bond donors (Lipinski definition) is 1. The summed E-state index contributed by atoms with van der Waals surface area (Å²) in [6.45, 7) is 0.611. The van der Waals surface area contributed by atoms with Crippen LogP contribution in [0.25, 0.3) is 0 Å². The Labute approximate surface area is 188 Å². The third-order valence-corrected chi connectivity index (χ3v) is 6.26. The zero-order chi connectivity index (χ0) is 22.6. The second kappa shape index (κ2) is 9.86. The van der Waals surface area contributed by atoms with Gasteiger partial charge in [-0.1, -0.05) is 23.7 Å². The number of nitrogens with one attached hydrogen (secondary N) is 1. The van der Waals surface area contributed by atoms with Crippen LogP contribution in [0.3, 0.4) is 0 Å². The van der Waals surface area contributed by atoms with Crippen molar-refractivity contribution in [2.75, 3.05) is 26.5 Å². The lowest BCUT2D eigenvalue weighted by Crippen LogP contribution is -2.39. The summed E-state index contributed by atoms with van der Waals surface area (Å²) in [5, 5.41) is 2.76. The molecule has 31 heavy (non-hydrogen) atoms. The number of carbonyl (C=O) groups is 1. The van der Waals surface area contributed by atoms with Gasteiger partial charge in [-0.15, -0.1) is 11.3 Å². The molecule has 3 heterocycles. The quantitative estimate of drug-likeness (QED) is 0.666. The van der Waals surface area contributed by atoms with Crippen molar-refractivity contribution in [1.29, 1.82) is 0 Å². The number of thiazole rings is 1. The molecule has 0 spiro atoms. The SMILES string of the molecule is COC(=O)C1=C2CC(NS(C)(=O)=O)CN2C(c2nccs2)=NC1.Fc1ccccc1Cl. The maximum absolute atomic E-state index is 12.2. The van der Waals surface area contributed by atoms with Crippen LogP contribution in [0.5, 0.6) is 0 Å². The van der Waals surface area contributed by atoms with E-state index in [4.69, 9.17) is 16.3 Å². The standard InChI is InChI=1S/C13H16N4O4S2.C6H4ClF/c1-21-13(18)9-6-15-11(12-14-3-4-22-12)17-7-8(5-10(9)17)16-23(2,19)20;7-5-3-1-2-4-6(5)8/h3-4,8,16H,5-7H2,1-2H3;1-4H. The molecule has 0 bridgehead atoms. The molecule has 1 fully saturated rings. The minimum absolute atomic E-state index is 0.174. The molecule has 0 amide bonds. The number of halogens is 2. The summed E-state index contributed by atoms with van der Waals surface area (Å²) in [6, 6.07) is 5.80. The van der Waals surface area contributed by atoms with Crippen LogP contribution >= 0.6 is 22.9 Å². The molecule has 0 saturated carbocycles. The maximum atomic E-state index is 12.2. The molecule has 166 valence electrons. The van der Waals surface area contributed by atoms with Gasteiger partial charge in [-0.05, 0) is 12.1 Å². The highest BCUT2D eigenvalue weighted by Crippen LogP contribution is 2.31. The minimum atomic E-state index is -3.33. The lowest BCUT2D eigenvalue weighted by Gasteiger charge is -2.26. The zero-order valence-corrected chi connectivity index (χ0v) is 19.1. The van der Waals surface area contributed by atoms with E-state index in [2.05, 4.69) is 14.7 Å². The Bertz CT molecular complexity index is 1100. The summed E-state index contributed by atoms with van der Waals surface area (Å²) in [4.78, 5) is 22.5. The molecule has 0 aliphatic carbocycles. The summed E-state index contributed by atoms with van der Waals surface area (Å²) >= 11 is 6.78. The molecule has 12 heteroatoms. The zero-order valence-electron chi connectivity index (χ0n) is 16.7. The van der Waals surface area contributed by atoms with E-state index in [1.165, 1.54) is 30.6 Å². The number of ether oxygens (including phenoxy) is 1. The molecule has 1 atom stereocenters. The highest BCUT2D eigenvalue weighted by atomic mass is 35.5. The summed E-state index contributed by atoms with van der Waals surface area (Å²) in [5.74, 6) is -0.137. The van der Waals surface area contributed by atoms with Gasteiger partial charge in [0.1, 0.15) is 5.82 Å². The van der Waals surface area contributed by atoms with Gasteiger partial charge in [0.25, 0.3) is 0 Å². The van der Waals surface area contributed by atoms with E-state index in [9.17, 15) is 17.6 Å². The highest BCUT2D eigenvalue weighted by molar-refractivity contribution is 7.88. The normalized spacial score (nSPS) is 18.1. The van der Waals surface area contributed by atoms with Gasteiger partial charge in [0, 0.05) is 36.3 Å². The van der Waals surface area contributed by atoms with Crippen molar-refractivity contribution in [1.82, 2.24) is 14.6 Å². The predicted octanol–water partition coefficient (Wildman–Crippen LogP) is 2.43. The Morgan fingerprint density at radius 2 is 2.13 bits per heavy atom. The van der Waals surface area contributed by atoms with Crippen LogP contribution in [0.2, 0.25) is 5.02 Å². The first-order valence-electron chi connectivity index (χ1n) is 9.09. The summed E-state index contributed by atoms with van der Waals surface area (Å²) < 4.78 is 42.6. The molecule has 8 nitrogen and oxygen atoms in total. The Balaban J connectivity index is 0.000000287. The minimum Gasteiger partial charge on any atom is -0.466 e. The third kappa shape index (κ3) is 5.88. The number of fused-ring (bicyclic) bond motifs is 1. The van der Waals surface area contributed by atoms with Crippen LogP contribution in [0.4, 0.5) is 4.39 Å². The van der Waals surface area contributed by atoms with E-state index in [0.717, 1.165) is 17.0 Å². The topological polar surface area (TPSA) is 101 Å². The number of hydrogen-bond acceptors (Lipinski definition) is 8. The third-order valence-electron chi connectivity index (χ3n) is 4.42. The fourth-order valence-corrected chi connectivity index (χ4v) is 4.76. The Morgan fingerprint density at radius 1 is 1.39 bits per heavy atom. The number of carbonyl (C=O) groups excluding carboxylic acids is 1. The molecule has 1 N–H and O–H groups in total. The maximum Gasteiger partial charge on any atom is 0.337 e. The van der Waals surface area contributed by atoms with Crippen molar-refractivity contribution < 1.29 is 22.3 Å². The first-order chi connectivity index (χ1) is 14.7. The number of aromatic nitrogens is 1. The van der Waals surface area contributed by atoms with Crippen molar-refractivity contribution in [3.05, 3.63) is 63.0 Å². The predicted molar refractivity (Wildman–Crippen MR) is 117 cm³/mol. The van der Waals surface area contributed by atoms with Crippen molar-refractivity contribution in [3.8, 4) is 0 Å². The number of benzene rings is 1. The fourth-order valence-electron chi connectivity index (χ4n) is 3.21. The number of methoxy groups -OCH3 is 1. The Kier molecular flexibility index (Phi) is 7.42. The van der Waals surface area contributed by atoms with Crippen LogP contribution in [-0.2, 0) is 19.6 Å². The van der Waals surface area contributed by atoms with Gasteiger partial charge in [0.2, 0.25) is 10.0 Å². The van der Waals surface area contributed by atoms with Gasteiger partial charge < -0.3 is 9.64 Å². The number of rotatable bonds is 4. The largest absolute Gasteiger partial charge is 0.466 e. The number of amidine groups is 1. The summed E-state index contributed by atoms with van der Waals surface area (Å²) in [7, 11) is -2.01. The molecule has 0 radical (unpaired) electrons. The van der Waals surface area contributed by atoms with Crippen LogP contribution < -0.4 is 4.72 Å². The van der Waals surface area contributed by atoms with E-state index in [1.807, 2.05) is 10.3 Å². The van der Waals surface area contributed by atoms with Crippen LogP contribution in [0.1, 0.15) is 11.4 Å². The van der Waals surface area contributed by atoms with Crippen LogP contribution in [0, 0.1) is 5.82 Å². The molecule has 1 aromatic carbocycles. The second-order valence-corrected chi connectivity index (χ2v) is 9.79. The molecule has 1 unspecified atom stereocenters. The first-order valence-corrected chi connectivity index (χ1v) is 12.2. The molecular weight excluding hydrogens is 467 g/mol. The van der Waals surface area contributed by atoms with Gasteiger partial charge in [-0.25, -0.2) is 27.3 Å².